The van der Waals surface area contributed by atoms with Crippen molar-refractivity contribution in [3.05, 3.63) is 94.6 Å². The first-order valence-corrected chi connectivity index (χ1v) is 16.8. The Kier molecular flexibility index (Phi) is 14.0. The number of carboxylic acid groups (broad SMARTS) is 1. The number of methoxy groups -OCH3 is 1. The number of nitrogens with one attached hydrogen (secondary N) is 1. The number of hydrogen-bond acceptors (Lipinski definition) is 7. The zero-order valence-electron chi connectivity index (χ0n) is 27.9. The van der Waals surface area contributed by atoms with Crippen molar-refractivity contribution in [3.8, 4) is 5.75 Å². The van der Waals surface area contributed by atoms with Crippen molar-refractivity contribution < 1.29 is 41.4 Å². The van der Waals surface area contributed by atoms with E-state index >= 15 is 0 Å². The normalized spacial score (nSPS) is 21.3. The van der Waals surface area contributed by atoms with E-state index in [1.165, 1.54) is 25.3 Å². The minimum atomic E-state index is -4.57. The number of halogens is 5. The van der Waals surface area contributed by atoms with Crippen LogP contribution in [-0.4, -0.2) is 80.9 Å². The van der Waals surface area contributed by atoms with Crippen LogP contribution in [0.2, 0.25) is 0 Å². The van der Waals surface area contributed by atoms with E-state index in [4.69, 9.17) is 20.4 Å². The zero-order valence-corrected chi connectivity index (χ0v) is 28.8. The van der Waals surface area contributed by atoms with Gasteiger partial charge in [-0.1, -0.05) is 24.3 Å². The highest BCUT2D eigenvalue weighted by molar-refractivity contribution is 7.98. The molecule has 4 N–H and O–H groups in total. The van der Waals surface area contributed by atoms with Gasteiger partial charge in [-0.3, -0.25) is 9.59 Å². The van der Waals surface area contributed by atoms with Crippen LogP contribution in [0.15, 0.2) is 65.6 Å². The molecule has 268 valence electrons. The van der Waals surface area contributed by atoms with Crippen LogP contribution in [0.1, 0.15) is 52.7 Å². The van der Waals surface area contributed by atoms with Gasteiger partial charge >= 0.3 is 6.18 Å². The van der Waals surface area contributed by atoms with Crippen LogP contribution in [0, 0.1) is 11.6 Å². The van der Waals surface area contributed by atoms with Gasteiger partial charge in [0.1, 0.15) is 17.4 Å². The Balaban J connectivity index is 0.000000299. The van der Waals surface area contributed by atoms with Gasteiger partial charge in [0.15, 0.2) is 0 Å². The maximum absolute atomic E-state index is 14.0. The van der Waals surface area contributed by atoms with Crippen LogP contribution in [0.3, 0.4) is 0 Å². The number of alkyl halides is 3. The summed E-state index contributed by atoms with van der Waals surface area (Å²) in [7, 11) is 5.19. The van der Waals surface area contributed by atoms with E-state index in [1.807, 2.05) is 18.0 Å². The molecule has 0 aliphatic carbocycles. The van der Waals surface area contributed by atoms with Crippen LogP contribution in [0.5, 0.6) is 5.75 Å². The number of carbonyl (C=O) groups excluding carboxylic acids is 1. The lowest BCUT2D eigenvalue weighted by Gasteiger charge is -2.42. The van der Waals surface area contributed by atoms with Gasteiger partial charge in [-0.25, -0.2) is 8.78 Å². The Morgan fingerprint density at radius 3 is 2.02 bits per heavy atom. The van der Waals surface area contributed by atoms with E-state index in [-0.39, 0.29) is 34.0 Å². The van der Waals surface area contributed by atoms with Crippen molar-refractivity contribution in [3.63, 3.8) is 0 Å². The van der Waals surface area contributed by atoms with Crippen molar-refractivity contribution in [2.75, 3.05) is 53.6 Å². The van der Waals surface area contributed by atoms with Crippen LogP contribution in [-0.2, 0) is 22.0 Å². The average Bonchev–Trinajstić information content (AvgIpc) is 3.04. The van der Waals surface area contributed by atoms with Gasteiger partial charge in [-0.15, -0.1) is 11.8 Å². The summed E-state index contributed by atoms with van der Waals surface area (Å²) in [6, 6.07) is 14.5. The second-order valence-electron chi connectivity index (χ2n) is 12.3. The first-order chi connectivity index (χ1) is 23.1. The number of likely N-dealkylation sites (tertiary alicyclic amines) is 2. The molecule has 3 aromatic rings. The second kappa shape index (κ2) is 17.3. The standard InChI is InChI=1S/C22H24F4N2O2S.C12H17FN2.CH2O2/c1-28-9-5-8-21(13-28,14-6-4-7-16(23)10-14)27-20(29)19-17(30-2)11-15(22(24,25)26)12-18(19)31-3;1-15-7-3-6-12(14,9-15)10-4-2-5-11(13)8-10;2-1-3/h4,6-7,10-12H,5,8-9,13H2,1-3H3,(H,27,29);2,4-5,8H,3,6-7,9,14H2,1H3;1H,(H,2,3). The Bertz CT molecular complexity index is 1550. The van der Waals surface area contributed by atoms with Crippen molar-refractivity contribution in [2.24, 2.45) is 5.73 Å². The molecule has 2 aliphatic rings. The fourth-order valence-electron chi connectivity index (χ4n) is 6.38. The first kappa shape index (κ1) is 39.7. The third-order valence-electron chi connectivity index (χ3n) is 8.59. The number of amides is 1. The second-order valence-corrected chi connectivity index (χ2v) is 13.1. The molecular formula is C35H43F5N4O4S. The van der Waals surface area contributed by atoms with Crippen LogP contribution < -0.4 is 15.8 Å². The Hall–Kier alpha value is -3.72. The maximum Gasteiger partial charge on any atom is 0.416 e. The Morgan fingerprint density at radius 1 is 0.959 bits per heavy atom. The highest BCUT2D eigenvalue weighted by atomic mass is 32.2. The van der Waals surface area contributed by atoms with E-state index in [1.54, 1.807) is 30.5 Å². The number of hydrogen-bond donors (Lipinski definition) is 3. The molecule has 49 heavy (non-hydrogen) atoms. The van der Waals surface area contributed by atoms with Gasteiger partial charge in [0.25, 0.3) is 12.4 Å². The molecule has 8 nitrogen and oxygen atoms in total. The van der Waals surface area contributed by atoms with Gasteiger partial charge in [0.2, 0.25) is 0 Å². The molecular weight excluding hydrogens is 667 g/mol. The predicted octanol–water partition coefficient (Wildman–Crippen LogP) is 6.33. The minimum Gasteiger partial charge on any atom is -0.496 e. The van der Waals surface area contributed by atoms with E-state index in [0.29, 0.717) is 18.5 Å². The molecule has 2 heterocycles. The lowest BCUT2D eigenvalue weighted by Crippen LogP contribution is -2.55. The number of likely N-dealkylation sites (N-methyl/N-ethyl adjacent to an activating group) is 2. The molecule has 2 unspecified atom stereocenters. The van der Waals surface area contributed by atoms with E-state index < -0.39 is 29.0 Å². The van der Waals surface area contributed by atoms with Crippen molar-refractivity contribution in [1.82, 2.24) is 15.1 Å². The molecule has 0 aromatic heterocycles. The fourth-order valence-corrected chi connectivity index (χ4v) is 7.02. The van der Waals surface area contributed by atoms with Crippen LogP contribution in [0.25, 0.3) is 0 Å². The summed E-state index contributed by atoms with van der Waals surface area (Å²) in [6.45, 7) is 2.90. The third-order valence-corrected chi connectivity index (χ3v) is 9.35. The summed E-state index contributed by atoms with van der Waals surface area (Å²) < 4.78 is 72.1. The molecule has 14 heteroatoms. The lowest BCUT2D eigenvalue weighted by atomic mass is 9.82. The number of carbonyl (C=O) groups is 2. The number of thioether (sulfide) groups is 1. The molecule has 2 fully saturated rings. The van der Waals surface area contributed by atoms with E-state index in [0.717, 1.165) is 68.4 Å². The summed E-state index contributed by atoms with van der Waals surface area (Å²) in [6.07, 6.45) is 0.380. The van der Waals surface area contributed by atoms with Gasteiger partial charge in [-0.05, 0) is 107 Å². The molecule has 2 atom stereocenters. The maximum atomic E-state index is 14.0. The smallest absolute Gasteiger partial charge is 0.416 e. The molecule has 0 bridgehead atoms. The average molecular weight is 711 g/mol. The Labute approximate surface area is 287 Å². The van der Waals surface area contributed by atoms with Gasteiger partial charge in [0, 0.05) is 18.0 Å². The van der Waals surface area contributed by atoms with Crippen molar-refractivity contribution >= 4 is 24.1 Å². The van der Waals surface area contributed by atoms with Crippen LogP contribution >= 0.6 is 11.8 Å². The monoisotopic (exact) mass is 710 g/mol. The largest absolute Gasteiger partial charge is 0.496 e. The predicted molar refractivity (Wildman–Crippen MR) is 180 cm³/mol. The molecule has 3 aromatic carbocycles. The van der Waals surface area contributed by atoms with E-state index in [9.17, 15) is 26.7 Å². The van der Waals surface area contributed by atoms with Gasteiger partial charge in [-0.2, -0.15) is 13.2 Å². The quantitative estimate of drug-likeness (QED) is 0.155. The molecule has 5 rings (SSSR count). The molecule has 2 saturated heterocycles. The minimum absolute atomic E-state index is 0.0343. The third kappa shape index (κ3) is 10.4. The number of rotatable bonds is 6. The summed E-state index contributed by atoms with van der Waals surface area (Å²) in [5.41, 5.74) is 5.75. The van der Waals surface area contributed by atoms with Crippen molar-refractivity contribution in [2.45, 2.75) is 47.8 Å². The topological polar surface area (TPSA) is 108 Å². The van der Waals surface area contributed by atoms with E-state index in [2.05, 4.69) is 17.3 Å². The highest BCUT2D eigenvalue weighted by Crippen LogP contribution is 2.39. The number of ether oxygens (including phenoxy) is 1. The zero-order chi connectivity index (χ0) is 36.4. The molecule has 0 spiro atoms. The van der Waals surface area contributed by atoms with Gasteiger partial charge < -0.3 is 30.7 Å². The lowest BCUT2D eigenvalue weighted by molar-refractivity contribution is -0.137. The summed E-state index contributed by atoms with van der Waals surface area (Å²) in [4.78, 5) is 26.2. The number of benzene rings is 3. The first-order valence-electron chi connectivity index (χ1n) is 15.5. The molecule has 1 amide bonds. The molecule has 0 radical (unpaired) electrons. The van der Waals surface area contributed by atoms with Crippen molar-refractivity contribution in [1.29, 1.82) is 0 Å². The fraction of sp³-hybridized carbons (Fsp3) is 0.429. The summed E-state index contributed by atoms with van der Waals surface area (Å²) in [5, 5.41) is 9.90. The summed E-state index contributed by atoms with van der Waals surface area (Å²) >= 11 is 1.03. The number of nitrogens with two attached hydrogens (primary N) is 1. The Morgan fingerprint density at radius 2 is 1.51 bits per heavy atom. The molecule has 2 aliphatic heterocycles. The number of piperidine rings is 2. The SMILES string of the molecule is CN1CCCC(N)(c2cccc(F)c2)C1.COc1cc(C(F)(F)F)cc(SC)c1C(=O)NC1(c2cccc(F)c2)CCCN(C)C1.O=CO. The number of nitrogens with zero attached hydrogens (tertiary/aromatic N) is 2. The van der Waals surface area contributed by atoms with Gasteiger partial charge in [0.05, 0.1) is 29.3 Å². The van der Waals surface area contributed by atoms with Crippen LogP contribution in [0.4, 0.5) is 22.0 Å². The highest BCUT2D eigenvalue weighted by Gasteiger charge is 2.40. The molecule has 0 saturated carbocycles. The summed E-state index contributed by atoms with van der Waals surface area (Å²) in [5.74, 6) is -1.34.